The van der Waals surface area contributed by atoms with Crippen molar-refractivity contribution in [3.63, 3.8) is 0 Å². The quantitative estimate of drug-likeness (QED) is 0.344. The molecule has 0 spiro atoms. The molecule has 2 atom stereocenters. The van der Waals surface area contributed by atoms with Gasteiger partial charge in [0.15, 0.2) is 0 Å². The van der Waals surface area contributed by atoms with E-state index in [2.05, 4.69) is 30.3 Å². The number of aliphatic carboxylic acids is 1. The topological polar surface area (TPSA) is 95.9 Å². The van der Waals surface area contributed by atoms with E-state index < -0.39 is 23.9 Å². The maximum atomic E-state index is 12.3. The van der Waals surface area contributed by atoms with Crippen LogP contribution in [0.15, 0.2) is 36.4 Å². The fourth-order valence-electron chi connectivity index (χ4n) is 4.29. The van der Waals surface area contributed by atoms with Gasteiger partial charge in [-0.25, -0.2) is 4.79 Å². The summed E-state index contributed by atoms with van der Waals surface area (Å²) in [7, 11) is 2.15. The zero-order valence-electron chi connectivity index (χ0n) is 19.6. The number of amides is 1. The lowest BCUT2D eigenvalue weighted by atomic mass is 9.74. The number of carboxylic acid groups (broad SMARTS) is 1. The lowest BCUT2D eigenvalue weighted by Gasteiger charge is -2.35. The number of benzene rings is 1. The van der Waals surface area contributed by atoms with Crippen molar-refractivity contribution < 1.29 is 24.2 Å². The van der Waals surface area contributed by atoms with Crippen LogP contribution in [0.25, 0.3) is 0 Å². The van der Waals surface area contributed by atoms with Gasteiger partial charge in [-0.2, -0.15) is 0 Å². The minimum Gasteiger partial charge on any atom is -0.480 e. The van der Waals surface area contributed by atoms with Crippen LogP contribution in [0.5, 0.6) is 5.75 Å². The van der Waals surface area contributed by atoms with Gasteiger partial charge in [0.2, 0.25) is 5.91 Å². The molecule has 1 heterocycles. The molecule has 2 N–H and O–H groups in total. The van der Waals surface area contributed by atoms with Gasteiger partial charge in [0.05, 0.1) is 6.42 Å². The first-order chi connectivity index (χ1) is 15.2. The molecule has 176 valence electrons. The number of rotatable bonds is 9. The summed E-state index contributed by atoms with van der Waals surface area (Å²) in [5.41, 5.74) is 1.23. The van der Waals surface area contributed by atoms with E-state index in [1.54, 1.807) is 19.9 Å². The van der Waals surface area contributed by atoms with Gasteiger partial charge in [-0.05, 0) is 62.5 Å². The van der Waals surface area contributed by atoms with Gasteiger partial charge in [0.25, 0.3) is 0 Å². The van der Waals surface area contributed by atoms with Crippen LogP contribution in [0.3, 0.4) is 0 Å². The van der Waals surface area contributed by atoms with Crippen LogP contribution >= 0.6 is 0 Å². The van der Waals surface area contributed by atoms with Gasteiger partial charge in [-0.15, -0.1) is 0 Å². The highest BCUT2D eigenvalue weighted by Crippen LogP contribution is 2.37. The summed E-state index contributed by atoms with van der Waals surface area (Å²) in [5, 5.41) is 11.6. The monoisotopic (exact) mass is 444 g/mol. The highest BCUT2D eigenvalue weighted by atomic mass is 16.5. The third-order valence-corrected chi connectivity index (χ3v) is 6.16. The fraction of sp³-hybridized carbons (Fsp3) is 0.560. The summed E-state index contributed by atoms with van der Waals surface area (Å²) in [6, 6.07) is 6.77. The van der Waals surface area contributed by atoms with E-state index in [0.29, 0.717) is 5.75 Å². The lowest BCUT2D eigenvalue weighted by molar-refractivity contribution is -0.142. The zero-order chi connectivity index (χ0) is 23.7. The number of nitrogens with zero attached hydrogens (tertiary/aromatic N) is 1. The number of carbonyl (C=O) groups is 3. The number of likely N-dealkylation sites (tertiary alicyclic amines) is 1. The Morgan fingerprint density at radius 3 is 2.69 bits per heavy atom. The predicted molar refractivity (Wildman–Crippen MR) is 124 cm³/mol. The molecule has 0 aliphatic carbocycles. The van der Waals surface area contributed by atoms with E-state index >= 15 is 0 Å². The van der Waals surface area contributed by atoms with Gasteiger partial charge in [-0.3, -0.25) is 9.59 Å². The molecule has 0 bridgehead atoms. The third kappa shape index (κ3) is 7.19. The summed E-state index contributed by atoms with van der Waals surface area (Å²) in [6.07, 6.45) is 6.96. The highest BCUT2D eigenvalue weighted by Gasteiger charge is 2.33. The van der Waals surface area contributed by atoms with Crippen molar-refractivity contribution >= 4 is 17.8 Å². The van der Waals surface area contributed by atoms with Crippen LogP contribution in [0.1, 0.15) is 58.4 Å². The molecule has 1 aliphatic heterocycles. The van der Waals surface area contributed by atoms with Crippen molar-refractivity contribution in [2.24, 2.45) is 5.92 Å². The number of nitrogens with one attached hydrogen (secondary N) is 1. The van der Waals surface area contributed by atoms with E-state index in [1.807, 2.05) is 12.1 Å². The summed E-state index contributed by atoms with van der Waals surface area (Å²) in [5.74, 6) is -1.88. The van der Waals surface area contributed by atoms with Crippen molar-refractivity contribution in [2.45, 2.75) is 64.3 Å². The Kier molecular flexibility index (Phi) is 9.44. The van der Waals surface area contributed by atoms with Crippen molar-refractivity contribution in [2.75, 3.05) is 20.1 Å². The molecule has 1 aliphatic rings. The molecular weight excluding hydrogens is 408 g/mol. The van der Waals surface area contributed by atoms with Crippen LogP contribution in [-0.2, 0) is 19.8 Å². The van der Waals surface area contributed by atoms with E-state index in [1.165, 1.54) is 30.6 Å². The van der Waals surface area contributed by atoms with E-state index in [4.69, 9.17) is 9.84 Å². The Morgan fingerprint density at radius 2 is 2.03 bits per heavy atom. The SMILES string of the molecule is CCC1(c2cccc(OC(=O)CC=CC(=O)N[C@H](C(=O)O)C(C)C)c2)CCCCN(C)C1. The first-order valence-corrected chi connectivity index (χ1v) is 11.4. The standard InChI is InChI=1S/C25H36N2O5/c1-5-25(14-6-7-15-27(4)17-25)19-10-8-11-20(16-19)32-22(29)13-9-12-21(28)26-23(18(2)3)24(30)31/h8-12,16,18,23H,5-7,13-15,17H2,1-4H3,(H,26,28)(H,30,31)/t23-,25?/m0/s1. The Morgan fingerprint density at radius 1 is 1.28 bits per heavy atom. The number of likely N-dealkylation sites (N-methyl/N-ethyl adjacent to an activating group) is 1. The first-order valence-electron chi connectivity index (χ1n) is 11.4. The summed E-state index contributed by atoms with van der Waals surface area (Å²) in [6.45, 7) is 7.71. The molecule has 7 nitrogen and oxygen atoms in total. The van der Waals surface area contributed by atoms with Crippen LogP contribution in [-0.4, -0.2) is 54.0 Å². The molecule has 7 heteroatoms. The second kappa shape index (κ2) is 11.8. The second-order valence-electron chi connectivity index (χ2n) is 9.01. The minimum atomic E-state index is -1.09. The van der Waals surface area contributed by atoms with E-state index in [-0.39, 0.29) is 17.8 Å². The zero-order valence-corrected chi connectivity index (χ0v) is 19.6. The van der Waals surface area contributed by atoms with Gasteiger partial charge < -0.3 is 20.1 Å². The number of hydrogen-bond donors (Lipinski definition) is 2. The molecule has 1 amide bonds. The Bertz CT molecular complexity index is 835. The molecule has 2 rings (SSSR count). The van der Waals surface area contributed by atoms with Crippen LogP contribution in [0, 0.1) is 5.92 Å². The molecule has 1 unspecified atom stereocenters. The number of ether oxygens (including phenoxy) is 1. The Hall–Kier alpha value is -2.67. The molecule has 0 aromatic heterocycles. The van der Waals surface area contributed by atoms with Gasteiger partial charge in [0, 0.05) is 12.0 Å². The van der Waals surface area contributed by atoms with Crippen LogP contribution in [0.2, 0.25) is 0 Å². The summed E-state index contributed by atoms with van der Waals surface area (Å²) in [4.78, 5) is 37.7. The van der Waals surface area contributed by atoms with Crippen LogP contribution in [0.4, 0.5) is 0 Å². The first kappa shape index (κ1) is 25.6. The summed E-state index contributed by atoms with van der Waals surface area (Å²) >= 11 is 0. The summed E-state index contributed by atoms with van der Waals surface area (Å²) < 4.78 is 5.50. The van der Waals surface area contributed by atoms with Crippen molar-refractivity contribution in [1.29, 1.82) is 0 Å². The smallest absolute Gasteiger partial charge is 0.326 e. The minimum absolute atomic E-state index is 0.0444. The average Bonchev–Trinajstić information content (AvgIpc) is 2.93. The number of carbonyl (C=O) groups excluding carboxylic acids is 2. The van der Waals surface area contributed by atoms with Crippen molar-refractivity contribution in [1.82, 2.24) is 10.2 Å². The molecule has 32 heavy (non-hydrogen) atoms. The number of carboxylic acids is 1. The molecule has 0 radical (unpaired) electrons. The lowest BCUT2D eigenvalue weighted by Crippen LogP contribution is -2.43. The highest BCUT2D eigenvalue weighted by molar-refractivity contribution is 5.91. The predicted octanol–water partition coefficient (Wildman–Crippen LogP) is 3.53. The Labute approximate surface area is 190 Å². The second-order valence-corrected chi connectivity index (χ2v) is 9.01. The van der Waals surface area contributed by atoms with Crippen molar-refractivity contribution in [3.05, 3.63) is 42.0 Å². The van der Waals surface area contributed by atoms with Crippen LogP contribution < -0.4 is 10.1 Å². The van der Waals surface area contributed by atoms with Gasteiger partial charge in [0.1, 0.15) is 11.8 Å². The molecule has 1 fully saturated rings. The normalized spacial score (nSPS) is 20.7. The van der Waals surface area contributed by atoms with E-state index in [0.717, 1.165) is 25.9 Å². The maximum Gasteiger partial charge on any atom is 0.326 e. The number of hydrogen-bond acceptors (Lipinski definition) is 5. The average molecular weight is 445 g/mol. The molecule has 1 aromatic rings. The van der Waals surface area contributed by atoms with Crippen molar-refractivity contribution in [3.8, 4) is 5.75 Å². The Balaban J connectivity index is 1.98. The van der Waals surface area contributed by atoms with Gasteiger partial charge in [-0.1, -0.05) is 45.4 Å². The largest absolute Gasteiger partial charge is 0.480 e. The van der Waals surface area contributed by atoms with E-state index in [9.17, 15) is 14.4 Å². The number of esters is 1. The third-order valence-electron chi connectivity index (χ3n) is 6.16. The van der Waals surface area contributed by atoms with Gasteiger partial charge >= 0.3 is 11.9 Å². The molecule has 1 saturated heterocycles. The molecule has 0 saturated carbocycles. The molecular formula is C25H36N2O5. The fourth-order valence-corrected chi connectivity index (χ4v) is 4.29. The molecule has 1 aromatic carbocycles. The maximum absolute atomic E-state index is 12.3.